The van der Waals surface area contributed by atoms with Crippen LogP contribution in [0.3, 0.4) is 0 Å². The van der Waals surface area contributed by atoms with Crippen molar-refractivity contribution in [2.45, 2.75) is 43.9 Å². The molecule has 0 aromatic heterocycles. The SMILES string of the molecule is CC(C)(CC(O)(Cc1ccc(O)cc1)C(F)(F)F)c1cc(F)ccc1O. The maximum absolute atomic E-state index is 13.7. The molecule has 0 saturated carbocycles. The van der Waals surface area contributed by atoms with E-state index in [1.165, 1.54) is 38.1 Å². The first kappa shape index (κ1) is 20.0. The van der Waals surface area contributed by atoms with Crippen molar-refractivity contribution in [3.63, 3.8) is 0 Å². The molecule has 0 aliphatic carbocycles. The summed E-state index contributed by atoms with van der Waals surface area (Å²) in [5, 5.41) is 29.7. The van der Waals surface area contributed by atoms with Crippen molar-refractivity contribution in [3.8, 4) is 11.5 Å². The van der Waals surface area contributed by atoms with Crippen LogP contribution in [0.25, 0.3) is 0 Å². The maximum atomic E-state index is 13.7. The Bertz CT molecular complexity index is 769. The first-order valence-corrected chi connectivity index (χ1v) is 7.90. The summed E-state index contributed by atoms with van der Waals surface area (Å²) >= 11 is 0. The van der Waals surface area contributed by atoms with Crippen LogP contribution in [0.4, 0.5) is 17.6 Å². The van der Waals surface area contributed by atoms with Gasteiger partial charge in [-0.3, -0.25) is 0 Å². The molecule has 26 heavy (non-hydrogen) atoms. The number of benzene rings is 2. The van der Waals surface area contributed by atoms with E-state index in [0.29, 0.717) is 0 Å². The third-order valence-electron chi connectivity index (χ3n) is 4.38. The Kier molecular flexibility index (Phi) is 5.24. The van der Waals surface area contributed by atoms with Crippen LogP contribution in [0.1, 0.15) is 31.4 Å². The van der Waals surface area contributed by atoms with Gasteiger partial charge in [-0.15, -0.1) is 0 Å². The number of phenols is 2. The van der Waals surface area contributed by atoms with E-state index >= 15 is 0 Å². The van der Waals surface area contributed by atoms with Crippen LogP contribution in [-0.2, 0) is 11.8 Å². The Morgan fingerprint density at radius 3 is 2.04 bits per heavy atom. The Hall–Kier alpha value is -2.28. The Labute approximate surface area is 148 Å². The molecule has 7 heteroatoms. The van der Waals surface area contributed by atoms with Crippen LogP contribution in [0.15, 0.2) is 42.5 Å². The number of aromatic hydroxyl groups is 2. The lowest BCUT2D eigenvalue weighted by molar-refractivity contribution is -0.266. The minimum atomic E-state index is -4.95. The lowest BCUT2D eigenvalue weighted by Crippen LogP contribution is -2.50. The first-order valence-electron chi connectivity index (χ1n) is 7.90. The van der Waals surface area contributed by atoms with Gasteiger partial charge in [-0.05, 0) is 47.7 Å². The zero-order valence-electron chi connectivity index (χ0n) is 14.3. The molecule has 0 aliphatic heterocycles. The van der Waals surface area contributed by atoms with Gasteiger partial charge in [-0.2, -0.15) is 13.2 Å². The molecule has 0 spiro atoms. The molecule has 3 nitrogen and oxygen atoms in total. The van der Waals surface area contributed by atoms with Crippen molar-refractivity contribution in [2.75, 3.05) is 0 Å². The molecule has 142 valence electrons. The third kappa shape index (κ3) is 4.27. The van der Waals surface area contributed by atoms with Crippen LogP contribution in [0, 0.1) is 5.82 Å². The molecule has 0 fully saturated rings. The van der Waals surface area contributed by atoms with Gasteiger partial charge in [0.1, 0.15) is 17.3 Å². The van der Waals surface area contributed by atoms with E-state index in [2.05, 4.69) is 0 Å². The van der Waals surface area contributed by atoms with Gasteiger partial charge in [0.25, 0.3) is 0 Å². The van der Waals surface area contributed by atoms with Crippen molar-refractivity contribution in [2.24, 2.45) is 0 Å². The topological polar surface area (TPSA) is 60.7 Å². The molecule has 2 rings (SSSR count). The second kappa shape index (κ2) is 6.79. The normalized spacial score (nSPS) is 14.9. The van der Waals surface area contributed by atoms with Crippen molar-refractivity contribution < 1.29 is 32.9 Å². The Morgan fingerprint density at radius 1 is 0.923 bits per heavy atom. The highest BCUT2D eigenvalue weighted by Gasteiger charge is 2.56. The van der Waals surface area contributed by atoms with Gasteiger partial charge in [0.2, 0.25) is 0 Å². The molecule has 0 heterocycles. The highest BCUT2D eigenvalue weighted by Crippen LogP contribution is 2.45. The monoisotopic (exact) mass is 372 g/mol. The molecule has 2 aromatic rings. The molecular formula is C19H20F4O3. The predicted octanol–water partition coefficient (Wildman–Crippen LogP) is 4.44. The maximum Gasteiger partial charge on any atom is 0.417 e. The lowest BCUT2D eigenvalue weighted by atomic mass is 9.72. The van der Waals surface area contributed by atoms with Crippen LogP contribution < -0.4 is 0 Å². The van der Waals surface area contributed by atoms with E-state index in [1.807, 2.05) is 0 Å². The standard InChI is InChI=1S/C19H20F4O3/c1-17(2,15-9-13(20)5-8-16(15)25)11-18(26,19(21,22)23)10-12-3-6-14(24)7-4-12/h3-9,24-26H,10-11H2,1-2H3. The molecule has 0 radical (unpaired) electrons. The summed E-state index contributed by atoms with van der Waals surface area (Å²) in [6.07, 6.45) is -6.48. The second-order valence-electron chi connectivity index (χ2n) is 7.09. The first-order chi connectivity index (χ1) is 11.8. The van der Waals surface area contributed by atoms with E-state index in [9.17, 15) is 32.9 Å². The van der Waals surface area contributed by atoms with Gasteiger partial charge in [-0.1, -0.05) is 26.0 Å². The van der Waals surface area contributed by atoms with Crippen molar-refractivity contribution >= 4 is 0 Å². The average Bonchev–Trinajstić information content (AvgIpc) is 2.50. The number of rotatable bonds is 5. The second-order valence-corrected chi connectivity index (χ2v) is 7.09. The van der Waals surface area contributed by atoms with Gasteiger partial charge < -0.3 is 15.3 Å². The minimum absolute atomic E-state index is 0.0223. The van der Waals surface area contributed by atoms with Crippen molar-refractivity contribution in [1.29, 1.82) is 0 Å². The summed E-state index contributed by atoms with van der Waals surface area (Å²) in [5.74, 6) is -1.14. The fraction of sp³-hybridized carbons (Fsp3) is 0.368. The van der Waals surface area contributed by atoms with E-state index in [4.69, 9.17) is 0 Å². The van der Waals surface area contributed by atoms with Gasteiger partial charge in [0.05, 0.1) is 0 Å². The molecule has 1 unspecified atom stereocenters. The highest BCUT2D eigenvalue weighted by molar-refractivity contribution is 5.39. The Balaban J connectivity index is 2.40. The van der Waals surface area contributed by atoms with Crippen LogP contribution >= 0.6 is 0 Å². The summed E-state index contributed by atoms with van der Waals surface area (Å²) < 4.78 is 54.5. The van der Waals surface area contributed by atoms with E-state index in [-0.39, 0.29) is 22.6 Å². The third-order valence-corrected chi connectivity index (χ3v) is 4.38. The van der Waals surface area contributed by atoms with Gasteiger partial charge >= 0.3 is 6.18 Å². The Morgan fingerprint density at radius 2 is 1.50 bits per heavy atom. The van der Waals surface area contributed by atoms with Crippen molar-refractivity contribution in [3.05, 3.63) is 59.4 Å². The van der Waals surface area contributed by atoms with Gasteiger partial charge in [0.15, 0.2) is 5.60 Å². The van der Waals surface area contributed by atoms with E-state index in [1.54, 1.807) is 0 Å². The summed E-state index contributed by atoms with van der Waals surface area (Å²) in [6.45, 7) is 2.80. The van der Waals surface area contributed by atoms with Crippen LogP contribution in [0.2, 0.25) is 0 Å². The molecule has 1 atom stereocenters. The van der Waals surface area contributed by atoms with E-state index in [0.717, 1.165) is 18.2 Å². The number of halogens is 4. The quantitative estimate of drug-likeness (QED) is 0.680. The fourth-order valence-corrected chi connectivity index (χ4v) is 3.09. The number of hydrogen-bond donors (Lipinski definition) is 3. The number of hydrogen-bond acceptors (Lipinski definition) is 3. The molecule has 0 aliphatic rings. The molecule has 0 bridgehead atoms. The van der Waals surface area contributed by atoms with Crippen molar-refractivity contribution in [1.82, 2.24) is 0 Å². The summed E-state index contributed by atoms with van der Waals surface area (Å²) in [5.41, 5.74) is -4.31. The molecule has 0 amide bonds. The largest absolute Gasteiger partial charge is 0.508 e. The zero-order valence-corrected chi connectivity index (χ0v) is 14.3. The highest BCUT2D eigenvalue weighted by atomic mass is 19.4. The minimum Gasteiger partial charge on any atom is -0.508 e. The van der Waals surface area contributed by atoms with E-state index < -0.39 is 35.9 Å². The molecule has 3 N–H and O–H groups in total. The lowest BCUT2D eigenvalue weighted by Gasteiger charge is -2.38. The summed E-state index contributed by atoms with van der Waals surface area (Å²) in [7, 11) is 0. The predicted molar refractivity (Wildman–Crippen MR) is 88.5 cm³/mol. The summed E-state index contributed by atoms with van der Waals surface area (Å²) in [4.78, 5) is 0. The molecule has 0 saturated heterocycles. The van der Waals surface area contributed by atoms with Crippen LogP contribution in [-0.4, -0.2) is 27.1 Å². The van der Waals surface area contributed by atoms with Crippen LogP contribution in [0.5, 0.6) is 11.5 Å². The summed E-state index contributed by atoms with van der Waals surface area (Å²) in [6, 6.07) is 8.08. The average molecular weight is 372 g/mol. The number of alkyl halides is 3. The number of phenolic OH excluding ortho intramolecular Hbond substituents is 2. The van der Waals surface area contributed by atoms with Gasteiger partial charge in [-0.25, -0.2) is 4.39 Å². The molecular weight excluding hydrogens is 352 g/mol. The smallest absolute Gasteiger partial charge is 0.417 e. The van der Waals surface area contributed by atoms with Gasteiger partial charge in [0, 0.05) is 12.0 Å². The number of aliphatic hydroxyl groups is 1. The zero-order chi connectivity index (χ0) is 19.8. The molecule has 2 aromatic carbocycles. The fourth-order valence-electron chi connectivity index (χ4n) is 3.09.